The average molecular weight is 227 g/mol. The van der Waals surface area contributed by atoms with Crippen molar-refractivity contribution in [3.05, 3.63) is 0 Å². The Bertz CT molecular complexity index is 288. The minimum absolute atomic E-state index is 0.0826. The van der Waals surface area contributed by atoms with E-state index in [1.165, 1.54) is 6.42 Å². The molecule has 0 bridgehead atoms. The molecule has 5 nitrogen and oxygen atoms in total. The van der Waals surface area contributed by atoms with Crippen molar-refractivity contribution < 1.29 is 19.4 Å². The number of morpholine rings is 1. The van der Waals surface area contributed by atoms with Crippen molar-refractivity contribution in [3.63, 3.8) is 0 Å². The summed E-state index contributed by atoms with van der Waals surface area (Å²) < 4.78 is 5.07. The summed E-state index contributed by atoms with van der Waals surface area (Å²) in [5.74, 6) is -0.376. The highest BCUT2D eigenvalue weighted by molar-refractivity contribution is 5.78. The van der Waals surface area contributed by atoms with Crippen LogP contribution in [0.25, 0.3) is 0 Å². The maximum atomic E-state index is 11.8. The lowest BCUT2D eigenvalue weighted by molar-refractivity contribution is -0.159. The smallest absolute Gasteiger partial charge is 0.334 e. The molecule has 1 unspecified atom stereocenters. The molecule has 0 spiro atoms. The molecule has 16 heavy (non-hydrogen) atoms. The van der Waals surface area contributed by atoms with Crippen LogP contribution >= 0.6 is 0 Å². The molecule has 0 aromatic heterocycles. The van der Waals surface area contributed by atoms with E-state index in [4.69, 9.17) is 9.84 Å². The van der Waals surface area contributed by atoms with Crippen LogP contribution in [0.5, 0.6) is 0 Å². The number of aliphatic carboxylic acids is 1. The summed E-state index contributed by atoms with van der Waals surface area (Å²) >= 11 is 0. The van der Waals surface area contributed by atoms with Crippen LogP contribution < -0.4 is 0 Å². The normalized spacial score (nSPS) is 26.2. The number of rotatable bonds is 3. The third kappa shape index (κ3) is 2.52. The molecule has 0 radical (unpaired) electrons. The Morgan fingerprint density at radius 2 is 2.12 bits per heavy atom. The number of nitrogens with zero attached hydrogens (tertiary/aromatic N) is 1. The van der Waals surface area contributed by atoms with Gasteiger partial charge in [-0.05, 0) is 18.8 Å². The SMILES string of the molecule is O=C(O)C1CN(C(=O)CC2CCC2)CCO1. The Labute approximate surface area is 94.4 Å². The van der Waals surface area contributed by atoms with Crippen LogP contribution in [-0.2, 0) is 14.3 Å². The number of hydrogen-bond donors (Lipinski definition) is 1. The molecule has 2 fully saturated rings. The maximum absolute atomic E-state index is 11.8. The Morgan fingerprint density at radius 1 is 1.38 bits per heavy atom. The lowest BCUT2D eigenvalue weighted by atomic mass is 9.82. The fraction of sp³-hybridized carbons (Fsp3) is 0.818. The highest BCUT2D eigenvalue weighted by Crippen LogP contribution is 2.30. The summed E-state index contributed by atoms with van der Waals surface area (Å²) in [4.78, 5) is 24.2. The zero-order chi connectivity index (χ0) is 11.5. The highest BCUT2D eigenvalue weighted by atomic mass is 16.5. The van der Waals surface area contributed by atoms with Crippen molar-refractivity contribution in [1.29, 1.82) is 0 Å². The molecule has 0 aromatic carbocycles. The summed E-state index contributed by atoms with van der Waals surface area (Å²) in [5, 5.41) is 8.81. The van der Waals surface area contributed by atoms with E-state index in [0.29, 0.717) is 25.5 Å². The lowest BCUT2D eigenvalue weighted by Crippen LogP contribution is -2.49. The molecule has 1 saturated carbocycles. The van der Waals surface area contributed by atoms with Crippen molar-refractivity contribution in [2.75, 3.05) is 19.7 Å². The summed E-state index contributed by atoms with van der Waals surface area (Å²) in [6.45, 7) is 1.05. The van der Waals surface area contributed by atoms with E-state index < -0.39 is 12.1 Å². The van der Waals surface area contributed by atoms with E-state index in [0.717, 1.165) is 12.8 Å². The van der Waals surface area contributed by atoms with Gasteiger partial charge in [-0.1, -0.05) is 6.42 Å². The van der Waals surface area contributed by atoms with Crippen LogP contribution in [0, 0.1) is 5.92 Å². The van der Waals surface area contributed by atoms with Crippen molar-refractivity contribution in [3.8, 4) is 0 Å². The lowest BCUT2D eigenvalue weighted by Gasteiger charge is -2.33. The van der Waals surface area contributed by atoms with Crippen LogP contribution in [0.15, 0.2) is 0 Å². The molecule has 1 saturated heterocycles. The van der Waals surface area contributed by atoms with Crippen molar-refractivity contribution >= 4 is 11.9 Å². The van der Waals surface area contributed by atoms with Gasteiger partial charge >= 0.3 is 5.97 Å². The van der Waals surface area contributed by atoms with E-state index in [1.54, 1.807) is 4.90 Å². The average Bonchev–Trinajstić information content (AvgIpc) is 2.23. The van der Waals surface area contributed by atoms with Crippen molar-refractivity contribution in [2.45, 2.75) is 31.8 Å². The third-order valence-corrected chi connectivity index (χ3v) is 3.38. The fourth-order valence-electron chi connectivity index (χ4n) is 2.10. The van der Waals surface area contributed by atoms with Gasteiger partial charge in [0.25, 0.3) is 0 Å². The summed E-state index contributed by atoms with van der Waals surface area (Å²) in [7, 11) is 0. The first-order chi connectivity index (χ1) is 7.66. The van der Waals surface area contributed by atoms with Gasteiger partial charge in [0.2, 0.25) is 5.91 Å². The van der Waals surface area contributed by atoms with Gasteiger partial charge in [0.1, 0.15) is 0 Å². The fourth-order valence-corrected chi connectivity index (χ4v) is 2.10. The molecule has 5 heteroatoms. The molecule has 1 atom stereocenters. The second-order valence-electron chi connectivity index (χ2n) is 4.54. The van der Waals surface area contributed by atoms with Crippen molar-refractivity contribution in [2.24, 2.45) is 5.92 Å². The van der Waals surface area contributed by atoms with Gasteiger partial charge in [-0.3, -0.25) is 4.79 Å². The molecule has 90 valence electrons. The number of carboxylic acid groups (broad SMARTS) is 1. The topological polar surface area (TPSA) is 66.8 Å². The molecule has 2 aliphatic rings. The molecule has 1 N–H and O–H groups in total. The molecule has 1 heterocycles. The first-order valence-electron chi connectivity index (χ1n) is 5.79. The molecule has 1 aliphatic carbocycles. The third-order valence-electron chi connectivity index (χ3n) is 3.38. The van der Waals surface area contributed by atoms with E-state index in [1.807, 2.05) is 0 Å². The van der Waals surface area contributed by atoms with Gasteiger partial charge in [0, 0.05) is 13.0 Å². The highest BCUT2D eigenvalue weighted by Gasteiger charge is 2.30. The van der Waals surface area contributed by atoms with Gasteiger partial charge in [-0.15, -0.1) is 0 Å². The van der Waals surface area contributed by atoms with Crippen LogP contribution in [0.3, 0.4) is 0 Å². The monoisotopic (exact) mass is 227 g/mol. The van der Waals surface area contributed by atoms with E-state index in [-0.39, 0.29) is 12.5 Å². The minimum Gasteiger partial charge on any atom is -0.479 e. The first-order valence-corrected chi connectivity index (χ1v) is 5.79. The van der Waals surface area contributed by atoms with Gasteiger partial charge in [0.05, 0.1) is 13.2 Å². The van der Waals surface area contributed by atoms with Gasteiger partial charge in [0.15, 0.2) is 6.10 Å². The van der Waals surface area contributed by atoms with Crippen LogP contribution in [-0.4, -0.2) is 47.7 Å². The number of amides is 1. The zero-order valence-electron chi connectivity index (χ0n) is 9.22. The summed E-state index contributed by atoms with van der Waals surface area (Å²) in [5.41, 5.74) is 0. The molecule has 0 aromatic rings. The quantitative estimate of drug-likeness (QED) is 0.762. The Hall–Kier alpha value is -1.10. The minimum atomic E-state index is -0.985. The second-order valence-corrected chi connectivity index (χ2v) is 4.54. The number of carbonyl (C=O) groups is 2. The predicted molar refractivity (Wildman–Crippen MR) is 55.9 cm³/mol. The standard InChI is InChI=1S/C11H17NO4/c13-10(6-8-2-1-3-8)12-4-5-16-9(7-12)11(14)15/h8-9H,1-7H2,(H,14,15). The largest absolute Gasteiger partial charge is 0.479 e. The zero-order valence-corrected chi connectivity index (χ0v) is 9.22. The molecule has 1 aliphatic heterocycles. The number of ether oxygens (including phenoxy) is 1. The number of carboxylic acids is 1. The van der Waals surface area contributed by atoms with Crippen LogP contribution in [0.2, 0.25) is 0 Å². The Morgan fingerprint density at radius 3 is 2.69 bits per heavy atom. The summed E-state index contributed by atoms with van der Waals surface area (Å²) in [6, 6.07) is 0. The molecule has 1 amide bonds. The first kappa shape index (κ1) is 11.4. The Balaban J connectivity index is 1.83. The molecule has 2 rings (SSSR count). The number of hydrogen-bond acceptors (Lipinski definition) is 3. The molecular weight excluding hydrogens is 210 g/mol. The van der Waals surface area contributed by atoms with E-state index >= 15 is 0 Å². The summed E-state index contributed by atoms with van der Waals surface area (Å²) in [6.07, 6.45) is 3.22. The van der Waals surface area contributed by atoms with Gasteiger partial charge < -0.3 is 14.7 Å². The maximum Gasteiger partial charge on any atom is 0.334 e. The van der Waals surface area contributed by atoms with E-state index in [9.17, 15) is 9.59 Å². The van der Waals surface area contributed by atoms with Gasteiger partial charge in [-0.25, -0.2) is 4.79 Å². The number of carbonyl (C=O) groups excluding carboxylic acids is 1. The van der Waals surface area contributed by atoms with Crippen LogP contribution in [0.1, 0.15) is 25.7 Å². The van der Waals surface area contributed by atoms with E-state index in [2.05, 4.69) is 0 Å². The van der Waals surface area contributed by atoms with Crippen LogP contribution in [0.4, 0.5) is 0 Å². The predicted octanol–water partition coefficient (Wildman–Crippen LogP) is 0.489. The van der Waals surface area contributed by atoms with Gasteiger partial charge in [-0.2, -0.15) is 0 Å². The second kappa shape index (κ2) is 4.82. The van der Waals surface area contributed by atoms with Crippen molar-refractivity contribution in [1.82, 2.24) is 4.90 Å². The Kier molecular flexibility index (Phi) is 3.43. The molecular formula is C11H17NO4.